The van der Waals surface area contributed by atoms with Gasteiger partial charge in [-0.25, -0.2) is 13.4 Å². The molecule has 0 fully saturated rings. The van der Waals surface area contributed by atoms with Crippen molar-refractivity contribution in [2.24, 2.45) is 0 Å². The second kappa shape index (κ2) is 6.25. The van der Waals surface area contributed by atoms with Gasteiger partial charge in [0.15, 0.2) is 15.0 Å². The summed E-state index contributed by atoms with van der Waals surface area (Å²) in [5.74, 6) is 0.580. The zero-order valence-corrected chi connectivity index (χ0v) is 13.8. The van der Waals surface area contributed by atoms with Crippen LogP contribution in [0.1, 0.15) is 0 Å². The summed E-state index contributed by atoms with van der Waals surface area (Å²) in [6.07, 6.45) is 1.66. The maximum Gasteiger partial charge on any atom is 0.181 e. The highest BCUT2D eigenvalue weighted by molar-refractivity contribution is 9.10. The molecule has 1 heterocycles. The summed E-state index contributed by atoms with van der Waals surface area (Å²) in [4.78, 5) is 4.27. The largest absolute Gasteiger partial charge is 0.375 e. The van der Waals surface area contributed by atoms with Crippen molar-refractivity contribution in [2.75, 3.05) is 17.2 Å². The lowest BCUT2D eigenvalue weighted by Crippen LogP contribution is -2.08. The molecular formula is C11H11BrN2O2S3. The van der Waals surface area contributed by atoms with Crippen LogP contribution in [0.15, 0.2) is 44.0 Å². The van der Waals surface area contributed by atoms with Crippen LogP contribution >= 0.6 is 39.0 Å². The number of aromatic nitrogens is 1. The Bertz CT molecular complexity index is 653. The Morgan fingerprint density at radius 1 is 1.32 bits per heavy atom. The van der Waals surface area contributed by atoms with Crippen LogP contribution in [0.3, 0.4) is 0 Å². The number of halogens is 1. The van der Waals surface area contributed by atoms with Gasteiger partial charge in [0.1, 0.15) is 0 Å². The lowest BCUT2D eigenvalue weighted by Gasteiger charge is -2.03. The van der Waals surface area contributed by atoms with Crippen LogP contribution in [-0.4, -0.2) is 24.9 Å². The average molecular weight is 379 g/mol. The van der Waals surface area contributed by atoms with Gasteiger partial charge in [0, 0.05) is 10.2 Å². The lowest BCUT2D eigenvalue weighted by molar-refractivity contribution is 0.597. The molecule has 2 rings (SSSR count). The van der Waals surface area contributed by atoms with E-state index in [1.807, 2.05) is 0 Å². The van der Waals surface area contributed by atoms with Crippen LogP contribution in [0.2, 0.25) is 0 Å². The summed E-state index contributed by atoms with van der Waals surface area (Å²) in [7, 11) is -3.23. The molecule has 0 aliphatic rings. The summed E-state index contributed by atoms with van der Waals surface area (Å²) < 4.78 is 25.9. The molecule has 0 aliphatic carbocycles. The first-order valence-electron chi connectivity index (χ1n) is 5.30. The average Bonchev–Trinajstić information content (AvgIpc) is 2.75. The number of thioether (sulfide) groups is 1. The normalized spacial score (nSPS) is 11.6. The molecule has 0 saturated heterocycles. The molecule has 1 aromatic heterocycles. The number of hydrogen-bond acceptors (Lipinski definition) is 6. The number of nitrogens with two attached hydrogens (primary N) is 1. The first kappa shape index (κ1) is 14.8. The van der Waals surface area contributed by atoms with E-state index in [0.717, 1.165) is 8.68 Å². The molecule has 2 aromatic rings. The SMILES string of the molecule is Nc1ncc(SCCS(=O)(=O)c2ccc(Br)cc2)s1. The van der Waals surface area contributed by atoms with E-state index < -0.39 is 9.84 Å². The molecule has 0 amide bonds. The van der Waals surface area contributed by atoms with Crippen molar-refractivity contribution in [3.8, 4) is 0 Å². The van der Waals surface area contributed by atoms with E-state index in [1.54, 1.807) is 30.5 Å². The van der Waals surface area contributed by atoms with E-state index in [4.69, 9.17) is 5.73 Å². The summed E-state index contributed by atoms with van der Waals surface area (Å²) in [5, 5.41) is 0.498. The molecule has 102 valence electrons. The van der Waals surface area contributed by atoms with Gasteiger partial charge < -0.3 is 5.73 Å². The van der Waals surface area contributed by atoms with Crippen LogP contribution in [0, 0.1) is 0 Å². The summed E-state index contributed by atoms with van der Waals surface area (Å²) in [6.45, 7) is 0. The Kier molecular flexibility index (Phi) is 4.88. The van der Waals surface area contributed by atoms with E-state index in [1.165, 1.54) is 23.1 Å². The van der Waals surface area contributed by atoms with E-state index >= 15 is 0 Å². The van der Waals surface area contributed by atoms with Gasteiger partial charge in [0.25, 0.3) is 0 Å². The monoisotopic (exact) mass is 378 g/mol. The van der Waals surface area contributed by atoms with Crippen molar-refractivity contribution in [1.29, 1.82) is 0 Å². The molecule has 0 bridgehead atoms. The zero-order valence-electron chi connectivity index (χ0n) is 9.74. The van der Waals surface area contributed by atoms with Crippen molar-refractivity contribution in [3.05, 3.63) is 34.9 Å². The molecule has 2 N–H and O–H groups in total. The second-order valence-electron chi connectivity index (χ2n) is 3.64. The standard InChI is InChI=1S/C11H11BrN2O2S3/c12-8-1-3-9(4-2-8)19(15,16)6-5-17-10-7-14-11(13)18-10/h1-4,7H,5-6H2,(H2,13,14). The number of benzene rings is 1. The van der Waals surface area contributed by atoms with Gasteiger partial charge in [-0.3, -0.25) is 0 Å². The first-order valence-corrected chi connectivity index (χ1v) is 9.54. The lowest BCUT2D eigenvalue weighted by atomic mass is 10.4. The minimum absolute atomic E-state index is 0.0943. The number of nitrogens with zero attached hydrogens (tertiary/aromatic N) is 1. The predicted molar refractivity (Wildman–Crippen MR) is 83.4 cm³/mol. The highest BCUT2D eigenvalue weighted by Crippen LogP contribution is 2.27. The summed E-state index contributed by atoms with van der Waals surface area (Å²) in [5.41, 5.74) is 5.51. The van der Waals surface area contributed by atoms with Crippen molar-refractivity contribution >= 4 is 54.0 Å². The molecule has 19 heavy (non-hydrogen) atoms. The number of anilines is 1. The fraction of sp³-hybridized carbons (Fsp3) is 0.182. The van der Waals surface area contributed by atoms with Gasteiger partial charge in [-0.05, 0) is 24.3 Å². The van der Waals surface area contributed by atoms with E-state index in [-0.39, 0.29) is 5.75 Å². The zero-order chi connectivity index (χ0) is 13.9. The van der Waals surface area contributed by atoms with Crippen molar-refractivity contribution in [2.45, 2.75) is 9.10 Å². The third kappa shape index (κ3) is 4.20. The molecule has 0 saturated carbocycles. The molecule has 4 nitrogen and oxygen atoms in total. The minimum Gasteiger partial charge on any atom is -0.375 e. The Morgan fingerprint density at radius 3 is 2.58 bits per heavy atom. The molecule has 0 spiro atoms. The van der Waals surface area contributed by atoms with Gasteiger partial charge in [-0.2, -0.15) is 0 Å². The Labute approximate surface area is 128 Å². The fourth-order valence-corrected chi connectivity index (χ4v) is 5.10. The number of rotatable bonds is 5. The number of nitrogen functional groups attached to an aromatic ring is 1. The third-order valence-corrected chi connectivity index (χ3v) is 6.81. The van der Waals surface area contributed by atoms with Crippen LogP contribution in [-0.2, 0) is 9.84 Å². The molecule has 0 radical (unpaired) electrons. The predicted octanol–water partition coefficient (Wildman–Crippen LogP) is 3.05. The smallest absolute Gasteiger partial charge is 0.181 e. The second-order valence-corrected chi connectivity index (χ2v) is 9.12. The van der Waals surface area contributed by atoms with Gasteiger partial charge in [0.2, 0.25) is 0 Å². The number of sulfone groups is 1. The van der Waals surface area contributed by atoms with Gasteiger partial charge >= 0.3 is 0 Å². The molecular weight excluding hydrogens is 368 g/mol. The van der Waals surface area contributed by atoms with Crippen molar-refractivity contribution in [1.82, 2.24) is 4.98 Å². The first-order chi connectivity index (χ1) is 8.97. The van der Waals surface area contributed by atoms with Gasteiger partial charge in [0.05, 0.1) is 21.1 Å². The maximum atomic E-state index is 12.1. The van der Waals surface area contributed by atoms with E-state index in [9.17, 15) is 8.42 Å². The highest BCUT2D eigenvalue weighted by Gasteiger charge is 2.14. The minimum atomic E-state index is -3.23. The molecule has 0 atom stereocenters. The van der Waals surface area contributed by atoms with Crippen LogP contribution in [0.4, 0.5) is 5.13 Å². The topological polar surface area (TPSA) is 73.0 Å². The maximum absolute atomic E-state index is 12.1. The van der Waals surface area contributed by atoms with E-state index in [2.05, 4.69) is 20.9 Å². The highest BCUT2D eigenvalue weighted by atomic mass is 79.9. The number of hydrogen-bond donors (Lipinski definition) is 1. The Morgan fingerprint density at radius 2 is 2.00 bits per heavy atom. The molecule has 8 heteroatoms. The van der Waals surface area contributed by atoms with Crippen LogP contribution in [0.25, 0.3) is 0 Å². The van der Waals surface area contributed by atoms with Crippen LogP contribution in [0.5, 0.6) is 0 Å². The van der Waals surface area contributed by atoms with Gasteiger partial charge in [-0.1, -0.05) is 27.3 Å². The van der Waals surface area contributed by atoms with Gasteiger partial charge in [-0.15, -0.1) is 11.8 Å². The summed E-state index contributed by atoms with van der Waals surface area (Å²) >= 11 is 6.10. The molecule has 0 unspecified atom stereocenters. The van der Waals surface area contributed by atoms with Crippen molar-refractivity contribution < 1.29 is 8.42 Å². The third-order valence-electron chi connectivity index (χ3n) is 2.27. The molecule has 0 aliphatic heterocycles. The Balaban J connectivity index is 1.96. The molecule has 1 aromatic carbocycles. The fourth-order valence-electron chi connectivity index (χ4n) is 1.35. The number of thiazole rings is 1. The quantitative estimate of drug-likeness (QED) is 0.809. The Hall–Kier alpha value is -0.570. The van der Waals surface area contributed by atoms with Crippen molar-refractivity contribution in [3.63, 3.8) is 0 Å². The van der Waals surface area contributed by atoms with Crippen LogP contribution < -0.4 is 5.73 Å². The van der Waals surface area contributed by atoms with E-state index in [0.29, 0.717) is 15.8 Å². The summed E-state index contributed by atoms with van der Waals surface area (Å²) in [6, 6.07) is 6.66.